The number of nitrogens with zero attached hydrogens (tertiary/aromatic N) is 1. The monoisotopic (exact) mass is 405 g/mol. The van der Waals surface area contributed by atoms with Gasteiger partial charge in [-0.05, 0) is 41.1 Å². The van der Waals surface area contributed by atoms with E-state index in [2.05, 4.69) is 34.7 Å². The van der Waals surface area contributed by atoms with E-state index in [4.69, 9.17) is 4.74 Å². The van der Waals surface area contributed by atoms with Crippen LogP contribution in [0, 0.1) is 3.57 Å². The summed E-state index contributed by atoms with van der Waals surface area (Å²) >= 11 is 2.24. The van der Waals surface area contributed by atoms with Crippen LogP contribution in [0.25, 0.3) is 10.9 Å². The van der Waals surface area contributed by atoms with E-state index in [1.165, 1.54) is 0 Å². The average Bonchev–Trinajstić information content (AvgIpc) is 2.82. The first-order chi connectivity index (χ1) is 10.7. The van der Waals surface area contributed by atoms with Gasteiger partial charge in [0.15, 0.2) is 0 Å². The van der Waals surface area contributed by atoms with Crippen LogP contribution in [0.2, 0.25) is 0 Å². The fourth-order valence-corrected chi connectivity index (χ4v) is 3.56. The molecule has 0 saturated carbocycles. The third-order valence-corrected chi connectivity index (χ3v) is 4.65. The van der Waals surface area contributed by atoms with Gasteiger partial charge >= 0.3 is 5.97 Å². The number of esters is 1. The molecular weight excluding hydrogens is 389 g/mol. The van der Waals surface area contributed by atoms with Crippen molar-refractivity contribution in [2.75, 3.05) is 6.61 Å². The van der Waals surface area contributed by atoms with Gasteiger partial charge in [0, 0.05) is 11.9 Å². The fraction of sp³-hybridized carbons (Fsp3) is 0.167. The highest BCUT2D eigenvalue weighted by atomic mass is 127. The third kappa shape index (κ3) is 2.75. The van der Waals surface area contributed by atoms with Gasteiger partial charge in [-0.25, -0.2) is 4.79 Å². The molecule has 22 heavy (non-hydrogen) atoms. The molecule has 0 bridgehead atoms. The lowest BCUT2D eigenvalue weighted by Crippen LogP contribution is -2.14. The highest BCUT2D eigenvalue weighted by molar-refractivity contribution is 14.1. The van der Waals surface area contributed by atoms with Crippen LogP contribution in [0.15, 0.2) is 54.6 Å². The van der Waals surface area contributed by atoms with E-state index in [0.717, 1.165) is 20.0 Å². The Labute approximate surface area is 143 Å². The van der Waals surface area contributed by atoms with E-state index in [1.807, 2.05) is 54.0 Å². The van der Waals surface area contributed by atoms with Crippen LogP contribution in [0.5, 0.6) is 0 Å². The Balaban J connectivity index is 2.17. The molecule has 0 saturated heterocycles. The number of ether oxygens (including phenoxy) is 1. The molecule has 0 aliphatic rings. The maximum absolute atomic E-state index is 12.4. The van der Waals surface area contributed by atoms with Crippen molar-refractivity contribution < 1.29 is 9.53 Å². The van der Waals surface area contributed by atoms with Gasteiger partial charge in [-0.1, -0.05) is 48.5 Å². The van der Waals surface area contributed by atoms with Gasteiger partial charge in [0.2, 0.25) is 0 Å². The predicted octanol–water partition coefficient (Wildman–Crippen LogP) is 4.47. The molecule has 3 aromatic rings. The molecule has 0 spiro atoms. The minimum atomic E-state index is -0.265. The van der Waals surface area contributed by atoms with Crippen LogP contribution >= 0.6 is 22.6 Å². The zero-order valence-corrected chi connectivity index (χ0v) is 14.4. The Hall–Kier alpha value is -1.82. The van der Waals surface area contributed by atoms with E-state index in [0.29, 0.717) is 18.8 Å². The quantitative estimate of drug-likeness (QED) is 0.474. The van der Waals surface area contributed by atoms with Gasteiger partial charge in [-0.2, -0.15) is 0 Å². The molecule has 112 valence electrons. The first-order valence-electron chi connectivity index (χ1n) is 7.20. The second-order valence-corrected chi connectivity index (χ2v) is 6.05. The largest absolute Gasteiger partial charge is 0.461 e. The topological polar surface area (TPSA) is 31.2 Å². The summed E-state index contributed by atoms with van der Waals surface area (Å²) < 4.78 is 8.25. The number of carbonyl (C=O) groups is 1. The van der Waals surface area contributed by atoms with Crippen LogP contribution in [0.1, 0.15) is 23.0 Å². The molecule has 1 aromatic heterocycles. The zero-order valence-electron chi connectivity index (χ0n) is 12.3. The number of hydrogen-bond donors (Lipinski definition) is 0. The summed E-state index contributed by atoms with van der Waals surface area (Å²) in [5, 5.41) is 1.09. The van der Waals surface area contributed by atoms with Crippen LogP contribution in [0.4, 0.5) is 0 Å². The van der Waals surface area contributed by atoms with Crippen LogP contribution < -0.4 is 0 Å². The molecule has 0 fully saturated rings. The summed E-state index contributed by atoms with van der Waals surface area (Å²) in [4.78, 5) is 12.4. The van der Waals surface area contributed by atoms with Crippen molar-refractivity contribution in [3.63, 3.8) is 0 Å². The summed E-state index contributed by atoms with van der Waals surface area (Å²) in [6.45, 7) is 2.86. The number of rotatable bonds is 4. The molecule has 0 amide bonds. The number of benzene rings is 2. The summed E-state index contributed by atoms with van der Waals surface area (Å²) in [5.41, 5.74) is 2.84. The molecule has 0 aliphatic heterocycles. The minimum absolute atomic E-state index is 0.265. The van der Waals surface area contributed by atoms with Crippen molar-refractivity contribution in [1.82, 2.24) is 4.57 Å². The number of hydrogen-bond acceptors (Lipinski definition) is 2. The van der Waals surface area contributed by atoms with Crippen LogP contribution in [0.3, 0.4) is 0 Å². The van der Waals surface area contributed by atoms with Crippen molar-refractivity contribution in [2.24, 2.45) is 0 Å². The molecule has 0 aliphatic carbocycles. The highest BCUT2D eigenvalue weighted by Gasteiger charge is 2.22. The lowest BCUT2D eigenvalue weighted by atomic mass is 10.2. The molecule has 4 heteroatoms. The van der Waals surface area contributed by atoms with E-state index in [1.54, 1.807) is 0 Å². The Bertz CT molecular complexity index is 809. The summed E-state index contributed by atoms with van der Waals surface area (Å²) in [7, 11) is 0. The fourth-order valence-electron chi connectivity index (χ4n) is 2.59. The first kappa shape index (κ1) is 15.1. The van der Waals surface area contributed by atoms with Gasteiger partial charge in [0.05, 0.1) is 15.7 Å². The normalized spacial score (nSPS) is 10.8. The number of fused-ring (bicyclic) bond motifs is 1. The molecule has 1 heterocycles. The highest BCUT2D eigenvalue weighted by Crippen LogP contribution is 2.29. The van der Waals surface area contributed by atoms with Crippen molar-refractivity contribution in [3.8, 4) is 0 Å². The van der Waals surface area contributed by atoms with Crippen LogP contribution in [-0.2, 0) is 11.3 Å². The number of para-hydroxylation sites is 1. The van der Waals surface area contributed by atoms with Crippen molar-refractivity contribution >= 4 is 39.5 Å². The number of aromatic nitrogens is 1. The maximum atomic E-state index is 12.4. The number of halogens is 1. The standard InChI is InChI=1S/C18H16INO2/c1-2-22-18(21)17-16(19)14-10-6-7-11-15(14)20(17)12-13-8-4-3-5-9-13/h3-11H,2,12H2,1H3. The third-order valence-electron chi connectivity index (χ3n) is 3.56. The molecule has 3 nitrogen and oxygen atoms in total. The summed E-state index contributed by atoms with van der Waals surface area (Å²) in [6.07, 6.45) is 0. The maximum Gasteiger partial charge on any atom is 0.356 e. The van der Waals surface area contributed by atoms with Gasteiger partial charge in [-0.15, -0.1) is 0 Å². The predicted molar refractivity (Wildman–Crippen MR) is 96.2 cm³/mol. The first-order valence-corrected chi connectivity index (χ1v) is 8.28. The minimum Gasteiger partial charge on any atom is -0.461 e. The molecule has 3 rings (SSSR count). The summed E-state index contributed by atoms with van der Waals surface area (Å²) in [6, 6.07) is 18.2. The average molecular weight is 405 g/mol. The smallest absolute Gasteiger partial charge is 0.356 e. The van der Waals surface area contributed by atoms with Crippen molar-refractivity contribution in [1.29, 1.82) is 0 Å². The lowest BCUT2D eigenvalue weighted by Gasteiger charge is -2.10. The van der Waals surface area contributed by atoms with Crippen LogP contribution in [-0.4, -0.2) is 17.1 Å². The van der Waals surface area contributed by atoms with Gasteiger partial charge in [-0.3, -0.25) is 0 Å². The molecule has 0 unspecified atom stereocenters. The second-order valence-electron chi connectivity index (χ2n) is 4.97. The molecular formula is C18H16INO2. The molecule has 0 radical (unpaired) electrons. The SMILES string of the molecule is CCOC(=O)c1c(I)c2ccccc2n1Cc1ccccc1. The molecule has 0 atom stereocenters. The van der Waals surface area contributed by atoms with Gasteiger partial charge in [0.1, 0.15) is 5.69 Å². The Kier molecular flexibility index (Phi) is 4.47. The number of carbonyl (C=O) groups excluding carboxylic acids is 1. The van der Waals surface area contributed by atoms with Gasteiger partial charge in [0.25, 0.3) is 0 Å². The Morgan fingerprint density at radius 2 is 1.77 bits per heavy atom. The second kappa shape index (κ2) is 6.52. The Morgan fingerprint density at radius 1 is 1.09 bits per heavy atom. The Morgan fingerprint density at radius 3 is 2.50 bits per heavy atom. The van der Waals surface area contributed by atoms with E-state index < -0.39 is 0 Å². The molecule has 2 aromatic carbocycles. The van der Waals surface area contributed by atoms with E-state index in [-0.39, 0.29) is 5.97 Å². The van der Waals surface area contributed by atoms with E-state index in [9.17, 15) is 4.79 Å². The van der Waals surface area contributed by atoms with E-state index >= 15 is 0 Å². The van der Waals surface area contributed by atoms with Crippen molar-refractivity contribution in [2.45, 2.75) is 13.5 Å². The zero-order chi connectivity index (χ0) is 15.5. The van der Waals surface area contributed by atoms with Crippen molar-refractivity contribution in [3.05, 3.63) is 69.4 Å². The lowest BCUT2D eigenvalue weighted by molar-refractivity contribution is 0.0513. The summed E-state index contributed by atoms with van der Waals surface area (Å²) in [5.74, 6) is -0.265. The molecule has 0 N–H and O–H groups in total. The van der Waals surface area contributed by atoms with Gasteiger partial charge < -0.3 is 9.30 Å².